The summed E-state index contributed by atoms with van der Waals surface area (Å²) in [6.45, 7) is 12.5. The third kappa shape index (κ3) is 7.08. The molecule has 0 fully saturated rings. The topological polar surface area (TPSA) is 202 Å². The van der Waals surface area contributed by atoms with Crippen molar-refractivity contribution in [2.24, 2.45) is 35.5 Å². The highest BCUT2D eigenvalue weighted by atomic mass is 16.3. The van der Waals surface area contributed by atoms with Crippen LogP contribution in [0.3, 0.4) is 0 Å². The van der Waals surface area contributed by atoms with Crippen LogP contribution in [0.5, 0.6) is 0 Å². The van der Waals surface area contributed by atoms with Gasteiger partial charge in [0, 0.05) is 58.3 Å². The Morgan fingerprint density at radius 3 is 1.76 bits per heavy atom. The summed E-state index contributed by atoms with van der Waals surface area (Å²) in [5, 5.41) is 68.6. The van der Waals surface area contributed by atoms with E-state index in [9.17, 15) is 49.8 Å². The molecule has 7 N–H and O–H groups in total. The third-order valence-electron chi connectivity index (χ3n) is 9.76. The third-order valence-corrected chi connectivity index (χ3v) is 9.76. The molecule has 0 saturated carbocycles. The Morgan fingerprint density at radius 1 is 0.674 bits per heavy atom. The Bertz CT molecular complexity index is 1460. The lowest BCUT2D eigenvalue weighted by Gasteiger charge is -2.36. The molecule has 252 valence electrons. The zero-order valence-electron chi connectivity index (χ0n) is 27.6. The average molecular weight is 642 g/mol. The van der Waals surface area contributed by atoms with Crippen LogP contribution >= 0.6 is 0 Å². The summed E-state index contributed by atoms with van der Waals surface area (Å²) in [6.07, 6.45) is 0.675. The predicted molar refractivity (Wildman–Crippen MR) is 170 cm³/mol. The number of amides is 1. The summed E-state index contributed by atoms with van der Waals surface area (Å²) in [7, 11) is 0. The molecule has 4 bridgehead atoms. The van der Waals surface area contributed by atoms with Crippen molar-refractivity contribution in [2.45, 2.75) is 85.9 Å². The number of carbonyl (C=O) groups is 4. The van der Waals surface area contributed by atoms with E-state index >= 15 is 0 Å². The maximum absolute atomic E-state index is 13.8. The van der Waals surface area contributed by atoms with E-state index in [-0.39, 0.29) is 11.1 Å². The molecule has 0 radical (unpaired) electrons. The van der Waals surface area contributed by atoms with Crippen LogP contribution in [-0.2, 0) is 19.2 Å². The Balaban J connectivity index is 2.15. The number of allylic oxidation sites excluding steroid dienone is 7. The lowest BCUT2D eigenvalue weighted by molar-refractivity contribution is -0.121. The van der Waals surface area contributed by atoms with Crippen molar-refractivity contribution in [3.05, 3.63) is 69.7 Å². The van der Waals surface area contributed by atoms with Gasteiger partial charge >= 0.3 is 0 Å². The lowest BCUT2D eigenvalue weighted by atomic mass is 9.73. The summed E-state index contributed by atoms with van der Waals surface area (Å²) in [5.74, 6) is -8.40. The molecule has 11 nitrogen and oxygen atoms in total. The van der Waals surface area contributed by atoms with Gasteiger partial charge in [0.25, 0.3) is 5.91 Å². The molecule has 4 rings (SSSR count). The van der Waals surface area contributed by atoms with Crippen molar-refractivity contribution in [1.82, 2.24) is 5.32 Å². The Labute approximate surface area is 269 Å². The highest BCUT2D eigenvalue weighted by Gasteiger charge is 2.45. The first-order valence-corrected chi connectivity index (χ1v) is 15.6. The van der Waals surface area contributed by atoms with E-state index in [0.29, 0.717) is 0 Å². The van der Waals surface area contributed by atoms with Gasteiger partial charge in [0.05, 0.1) is 41.8 Å². The van der Waals surface area contributed by atoms with Crippen molar-refractivity contribution in [2.75, 3.05) is 0 Å². The molecule has 11 atom stereocenters. The van der Waals surface area contributed by atoms with Gasteiger partial charge < -0.3 is 36.0 Å². The minimum atomic E-state index is -1.64. The smallest absolute Gasteiger partial charge is 0.251 e. The van der Waals surface area contributed by atoms with Gasteiger partial charge in [-0.1, -0.05) is 65.8 Å². The van der Waals surface area contributed by atoms with Crippen LogP contribution in [0.2, 0.25) is 0 Å². The minimum absolute atomic E-state index is 0.0269. The Morgan fingerprint density at radius 2 is 1.20 bits per heavy atom. The molecule has 11 heteroatoms. The first kappa shape index (κ1) is 37.0. The predicted octanol–water partition coefficient (Wildman–Crippen LogP) is 1.91. The molecular weight excluding hydrogens is 594 g/mol. The second-order valence-corrected chi connectivity index (χ2v) is 13.2. The second kappa shape index (κ2) is 14.5. The van der Waals surface area contributed by atoms with Crippen LogP contribution < -0.4 is 5.32 Å². The highest BCUT2D eigenvalue weighted by Crippen LogP contribution is 2.39. The number of ketones is 3. The number of nitrogens with one attached hydrogen (secondary N) is 1. The molecular formula is C35H47NO10. The van der Waals surface area contributed by atoms with E-state index in [1.807, 2.05) is 0 Å². The summed E-state index contributed by atoms with van der Waals surface area (Å²) in [6, 6.07) is 0. The molecule has 46 heavy (non-hydrogen) atoms. The van der Waals surface area contributed by atoms with Crippen LogP contribution in [-0.4, -0.2) is 84.4 Å². The van der Waals surface area contributed by atoms with Crippen molar-refractivity contribution >= 4 is 23.3 Å². The van der Waals surface area contributed by atoms with Gasteiger partial charge in [-0.25, -0.2) is 0 Å². The van der Waals surface area contributed by atoms with Crippen molar-refractivity contribution in [1.29, 1.82) is 0 Å². The summed E-state index contributed by atoms with van der Waals surface area (Å²) in [4.78, 5) is 53.7. The SMILES string of the molecule is C/C1=C/C=C/[C@H](C)[C@H](O)[C@@H](C)[C@@H](O)[C@@H](C)[C@H](O)[C@H](C)[C@@H](O)[C@H](C)/C=C(/C)C(=O)C2=C(O)C(C)C(O)C3=C2C(=O)C=C(NC1=O)C3=O. The standard InChI is InChI=1S/C35H47NO10/c1-14-10-9-11-15(2)35(46)36-22-13-23(37)24-25(32(43)21(8)33(44)26(24)34(22)45)29(40)17(4)12-16(3)28(39)19(6)31(42)20(7)30(41)18(5)27(14)38/h9-14,16,18-21,27-28,30-31,33,38-39,41-44H,1-8H3,(H,36,46)/b10-9+,15-11-,17-12-/t14-,16+,18+,19+,20+,21?,27-,28-,30+,31+,33?/m0/s1. The zero-order valence-corrected chi connectivity index (χ0v) is 27.6. The number of aliphatic hydroxyl groups is 6. The van der Waals surface area contributed by atoms with E-state index in [1.165, 1.54) is 39.0 Å². The first-order chi connectivity index (χ1) is 21.3. The molecule has 1 amide bonds. The van der Waals surface area contributed by atoms with Gasteiger partial charge in [-0.3, -0.25) is 19.2 Å². The van der Waals surface area contributed by atoms with Gasteiger partial charge in [0.1, 0.15) is 5.76 Å². The molecule has 0 saturated heterocycles. The number of aliphatic hydroxyl groups excluding tert-OH is 6. The van der Waals surface area contributed by atoms with Gasteiger partial charge in [0.15, 0.2) is 11.6 Å². The second-order valence-electron chi connectivity index (χ2n) is 13.2. The fourth-order valence-electron chi connectivity index (χ4n) is 6.35. The van der Waals surface area contributed by atoms with Gasteiger partial charge in [-0.2, -0.15) is 0 Å². The molecule has 0 aromatic heterocycles. The fraction of sp³-hybridized carbons (Fsp3) is 0.543. The normalized spacial score (nSPS) is 40.5. The maximum Gasteiger partial charge on any atom is 0.251 e. The zero-order chi connectivity index (χ0) is 34.9. The molecule has 0 aromatic carbocycles. The van der Waals surface area contributed by atoms with E-state index in [0.717, 1.165) is 6.08 Å². The molecule has 2 heterocycles. The van der Waals surface area contributed by atoms with E-state index in [2.05, 4.69) is 5.32 Å². The van der Waals surface area contributed by atoms with E-state index < -0.39 is 117 Å². The molecule has 4 aliphatic rings. The number of hydrogen-bond donors (Lipinski definition) is 7. The van der Waals surface area contributed by atoms with Crippen LogP contribution in [0.1, 0.15) is 55.4 Å². The van der Waals surface area contributed by atoms with Gasteiger partial charge in [0.2, 0.25) is 5.78 Å². The van der Waals surface area contributed by atoms with Crippen molar-refractivity contribution in [3.8, 4) is 0 Å². The molecule has 0 spiro atoms. The first-order valence-electron chi connectivity index (χ1n) is 15.6. The van der Waals surface area contributed by atoms with E-state index in [4.69, 9.17) is 0 Å². The number of Topliss-reactive ketones (excluding diaryl/α,β-unsaturated/α-hetero) is 2. The summed E-state index contributed by atoms with van der Waals surface area (Å²) < 4.78 is 0. The maximum atomic E-state index is 13.8. The quantitative estimate of drug-likeness (QED) is 0.192. The molecule has 0 aromatic rings. The number of hydrogen-bond acceptors (Lipinski definition) is 10. The lowest BCUT2D eigenvalue weighted by Crippen LogP contribution is -2.45. The minimum Gasteiger partial charge on any atom is -0.511 e. The van der Waals surface area contributed by atoms with Gasteiger partial charge in [-0.05, 0) is 19.4 Å². The average Bonchev–Trinajstić information content (AvgIpc) is 3.02. The van der Waals surface area contributed by atoms with Crippen LogP contribution in [0, 0.1) is 35.5 Å². The number of carbonyl (C=O) groups excluding carboxylic acids is 4. The monoisotopic (exact) mass is 641 g/mol. The molecule has 2 aliphatic heterocycles. The van der Waals surface area contributed by atoms with E-state index in [1.54, 1.807) is 40.7 Å². The molecule has 2 unspecified atom stereocenters. The van der Waals surface area contributed by atoms with Crippen LogP contribution in [0.15, 0.2) is 69.7 Å². The number of fused-ring (bicyclic) bond motifs is 15. The largest absolute Gasteiger partial charge is 0.511 e. The van der Waals surface area contributed by atoms with Crippen molar-refractivity contribution < 1.29 is 49.8 Å². The molecule has 2 aliphatic carbocycles. The number of rotatable bonds is 0. The van der Waals surface area contributed by atoms with Crippen LogP contribution in [0.4, 0.5) is 0 Å². The summed E-state index contributed by atoms with van der Waals surface area (Å²) >= 11 is 0. The van der Waals surface area contributed by atoms with Crippen molar-refractivity contribution in [3.63, 3.8) is 0 Å². The van der Waals surface area contributed by atoms with Crippen LogP contribution in [0.25, 0.3) is 0 Å². The summed E-state index contributed by atoms with van der Waals surface area (Å²) in [5.41, 5.74) is -1.55. The fourth-order valence-corrected chi connectivity index (χ4v) is 6.35. The Kier molecular flexibility index (Phi) is 11.7. The highest BCUT2D eigenvalue weighted by molar-refractivity contribution is 6.30. The Hall–Kier alpha value is -3.48. The van der Waals surface area contributed by atoms with Gasteiger partial charge in [-0.15, -0.1) is 0 Å².